The molecule has 0 atom stereocenters. The van der Waals surface area contributed by atoms with Crippen LogP contribution in [0.1, 0.15) is 11.8 Å². The first-order valence-corrected chi connectivity index (χ1v) is 5.16. The zero-order chi connectivity index (χ0) is 12.2. The van der Waals surface area contributed by atoms with Gasteiger partial charge in [0.2, 0.25) is 0 Å². The molecule has 0 saturated heterocycles. The third-order valence-electron chi connectivity index (χ3n) is 2.12. The van der Waals surface area contributed by atoms with E-state index in [0.717, 1.165) is 11.0 Å². The second-order valence-corrected chi connectivity index (χ2v) is 4.67. The minimum absolute atomic E-state index is 0. The monoisotopic (exact) mass is 264 g/mol. The maximum atomic E-state index is 11.6. The standard InChI is InChI=1S/C12H17NO3.K.H/c1-13(2,3)8-9-16-12(15)10-6-4-5-7-11(10)14;;/h4-7H,8-9H2,1-3H3;;/q;+1;-1/p+1. The number of likely N-dealkylation sites (N-methyl/N-ethyl adjacent to an activating group) is 1. The van der Waals surface area contributed by atoms with Crippen LogP contribution in [0.5, 0.6) is 5.75 Å². The van der Waals surface area contributed by atoms with Gasteiger partial charge in [-0.3, -0.25) is 0 Å². The van der Waals surface area contributed by atoms with Gasteiger partial charge in [0, 0.05) is 0 Å². The second-order valence-electron chi connectivity index (χ2n) is 4.67. The molecule has 0 unspecified atom stereocenters. The Morgan fingerprint density at radius 3 is 2.47 bits per heavy atom. The number of carbonyl (C=O) groups is 1. The number of ether oxygens (including phenoxy) is 1. The van der Waals surface area contributed by atoms with Gasteiger partial charge in [0.1, 0.15) is 24.5 Å². The van der Waals surface area contributed by atoms with Crippen molar-refractivity contribution in [3.8, 4) is 5.75 Å². The largest absolute Gasteiger partial charge is 1.00 e. The van der Waals surface area contributed by atoms with E-state index in [1.54, 1.807) is 18.2 Å². The zero-order valence-electron chi connectivity index (χ0n) is 11.9. The Hall–Kier alpha value is 0.0864. The summed E-state index contributed by atoms with van der Waals surface area (Å²) in [6.07, 6.45) is 0. The molecule has 0 aliphatic carbocycles. The van der Waals surface area contributed by atoms with E-state index in [1.807, 2.05) is 21.1 Å². The van der Waals surface area contributed by atoms with E-state index in [4.69, 9.17) is 4.74 Å². The van der Waals surface area contributed by atoms with Crippen molar-refractivity contribution in [3.63, 3.8) is 0 Å². The molecule has 0 heterocycles. The van der Waals surface area contributed by atoms with Gasteiger partial charge in [0.15, 0.2) is 0 Å². The van der Waals surface area contributed by atoms with Gasteiger partial charge in [-0.05, 0) is 12.1 Å². The SMILES string of the molecule is C[N+](C)(C)CCOC(=O)c1ccccc1O.[H-].[K+]. The summed E-state index contributed by atoms with van der Waals surface area (Å²) in [4.78, 5) is 11.6. The van der Waals surface area contributed by atoms with E-state index in [1.165, 1.54) is 6.07 Å². The van der Waals surface area contributed by atoms with Crippen LogP contribution in [-0.4, -0.2) is 49.9 Å². The molecule has 0 saturated carbocycles. The van der Waals surface area contributed by atoms with Gasteiger partial charge in [0.25, 0.3) is 0 Å². The Morgan fingerprint density at radius 2 is 1.94 bits per heavy atom. The van der Waals surface area contributed by atoms with Gasteiger partial charge in [-0.1, -0.05) is 12.1 Å². The van der Waals surface area contributed by atoms with Crippen molar-refractivity contribution < 1.29 is 71.9 Å². The van der Waals surface area contributed by atoms with E-state index in [9.17, 15) is 9.90 Å². The number of carbonyl (C=O) groups excluding carboxylic acids is 1. The summed E-state index contributed by atoms with van der Waals surface area (Å²) >= 11 is 0. The number of hydrogen-bond acceptors (Lipinski definition) is 3. The third kappa shape index (κ3) is 6.54. The predicted molar refractivity (Wildman–Crippen MR) is 62.4 cm³/mol. The molecule has 0 radical (unpaired) electrons. The van der Waals surface area contributed by atoms with Crippen LogP contribution in [0.15, 0.2) is 24.3 Å². The normalized spacial score (nSPS) is 10.5. The van der Waals surface area contributed by atoms with Crippen molar-refractivity contribution >= 4 is 5.97 Å². The fraction of sp³-hybridized carbons (Fsp3) is 0.417. The minimum atomic E-state index is -0.480. The molecule has 1 N–H and O–H groups in total. The predicted octanol–water partition coefficient (Wildman–Crippen LogP) is -1.63. The molecule has 0 aromatic heterocycles. The molecule has 17 heavy (non-hydrogen) atoms. The number of benzene rings is 1. The van der Waals surface area contributed by atoms with Gasteiger partial charge < -0.3 is 15.8 Å². The number of rotatable bonds is 4. The molecule has 0 spiro atoms. The fourth-order valence-corrected chi connectivity index (χ4v) is 1.14. The Bertz CT molecular complexity index is 380. The molecule has 0 bridgehead atoms. The van der Waals surface area contributed by atoms with E-state index in [2.05, 4.69) is 0 Å². The summed E-state index contributed by atoms with van der Waals surface area (Å²) in [6, 6.07) is 6.37. The average Bonchev–Trinajstić information content (AvgIpc) is 2.16. The van der Waals surface area contributed by atoms with Crippen LogP contribution in [0.2, 0.25) is 0 Å². The summed E-state index contributed by atoms with van der Waals surface area (Å²) in [5.74, 6) is -0.524. The van der Waals surface area contributed by atoms with Crippen LogP contribution < -0.4 is 51.4 Å². The van der Waals surface area contributed by atoms with Crippen LogP contribution in [0, 0.1) is 0 Å². The molecular formula is C12H19KNO3+. The molecule has 90 valence electrons. The van der Waals surface area contributed by atoms with Gasteiger partial charge in [-0.25, -0.2) is 4.79 Å². The first-order chi connectivity index (χ1) is 7.40. The third-order valence-corrected chi connectivity index (χ3v) is 2.12. The van der Waals surface area contributed by atoms with Crippen LogP contribution >= 0.6 is 0 Å². The van der Waals surface area contributed by atoms with Crippen LogP contribution in [0.25, 0.3) is 0 Å². The number of para-hydroxylation sites is 1. The van der Waals surface area contributed by atoms with Gasteiger partial charge in [-0.15, -0.1) is 0 Å². The van der Waals surface area contributed by atoms with Gasteiger partial charge in [0.05, 0.1) is 21.1 Å². The maximum Gasteiger partial charge on any atom is 1.00 e. The molecule has 1 aromatic rings. The Morgan fingerprint density at radius 1 is 1.35 bits per heavy atom. The molecule has 0 aliphatic rings. The first kappa shape index (κ1) is 17.1. The summed E-state index contributed by atoms with van der Waals surface area (Å²) in [6.45, 7) is 1.08. The van der Waals surface area contributed by atoms with E-state index < -0.39 is 5.97 Å². The Kier molecular flexibility index (Phi) is 7.54. The van der Waals surface area contributed by atoms with Gasteiger partial charge in [-0.2, -0.15) is 0 Å². The molecule has 0 fully saturated rings. The number of aromatic hydroxyl groups is 1. The average molecular weight is 264 g/mol. The van der Waals surface area contributed by atoms with Crippen molar-refractivity contribution in [1.29, 1.82) is 0 Å². The number of esters is 1. The number of phenols is 1. The van der Waals surface area contributed by atoms with Crippen molar-refractivity contribution in [2.24, 2.45) is 0 Å². The molecule has 0 amide bonds. The number of nitrogens with zero attached hydrogens (tertiary/aromatic N) is 1. The van der Waals surface area contributed by atoms with E-state index in [0.29, 0.717) is 6.61 Å². The van der Waals surface area contributed by atoms with Crippen molar-refractivity contribution in [2.75, 3.05) is 34.3 Å². The minimum Gasteiger partial charge on any atom is -1.00 e. The van der Waals surface area contributed by atoms with E-state index >= 15 is 0 Å². The van der Waals surface area contributed by atoms with Crippen LogP contribution in [0.3, 0.4) is 0 Å². The Balaban J connectivity index is 0. The van der Waals surface area contributed by atoms with Crippen molar-refractivity contribution in [2.45, 2.75) is 0 Å². The molecule has 1 aromatic carbocycles. The molecule has 4 nitrogen and oxygen atoms in total. The van der Waals surface area contributed by atoms with Crippen molar-refractivity contribution in [1.82, 2.24) is 0 Å². The van der Waals surface area contributed by atoms with Crippen molar-refractivity contribution in [3.05, 3.63) is 29.8 Å². The summed E-state index contributed by atoms with van der Waals surface area (Å²) in [7, 11) is 6.06. The zero-order valence-corrected chi connectivity index (χ0v) is 14.1. The summed E-state index contributed by atoms with van der Waals surface area (Å²) < 4.78 is 5.80. The topological polar surface area (TPSA) is 46.5 Å². The number of phenolic OH excluding ortho intramolecular Hbond substituents is 1. The maximum absolute atomic E-state index is 11.6. The first-order valence-electron chi connectivity index (χ1n) is 5.16. The number of quaternary nitrogens is 1. The summed E-state index contributed by atoms with van der Waals surface area (Å²) in [5.41, 5.74) is 0.212. The second kappa shape index (κ2) is 7.51. The molecule has 1 rings (SSSR count). The van der Waals surface area contributed by atoms with Gasteiger partial charge >= 0.3 is 57.4 Å². The van der Waals surface area contributed by atoms with Crippen LogP contribution in [-0.2, 0) is 4.74 Å². The summed E-state index contributed by atoms with van der Waals surface area (Å²) in [5, 5.41) is 9.44. The molecule has 5 heteroatoms. The van der Waals surface area contributed by atoms with Crippen LogP contribution in [0.4, 0.5) is 0 Å². The smallest absolute Gasteiger partial charge is 1.00 e. The van der Waals surface area contributed by atoms with E-state index in [-0.39, 0.29) is 64.1 Å². The Labute approximate surface area is 146 Å². The molecular weight excluding hydrogens is 245 g/mol. The number of hydrogen-bond donors (Lipinski definition) is 1. The quantitative estimate of drug-likeness (QED) is 0.404. The fourth-order valence-electron chi connectivity index (χ4n) is 1.14. The molecule has 0 aliphatic heterocycles.